The topological polar surface area (TPSA) is 114 Å². The van der Waals surface area contributed by atoms with Crippen molar-refractivity contribution in [3.05, 3.63) is 46.8 Å². The summed E-state index contributed by atoms with van der Waals surface area (Å²) in [6, 6.07) is 6.89. The van der Waals surface area contributed by atoms with Gasteiger partial charge in [0.2, 0.25) is 5.91 Å². The number of ketones is 1. The van der Waals surface area contributed by atoms with Crippen molar-refractivity contribution < 1.29 is 19.1 Å². The summed E-state index contributed by atoms with van der Waals surface area (Å²) in [6.45, 7) is 5.07. The van der Waals surface area contributed by atoms with E-state index in [-0.39, 0.29) is 24.7 Å². The molecule has 2 aromatic rings. The van der Waals surface area contributed by atoms with E-state index in [9.17, 15) is 14.4 Å². The molecule has 132 valence electrons. The molecule has 7 heteroatoms. The van der Waals surface area contributed by atoms with Crippen LogP contribution in [0.3, 0.4) is 0 Å². The number of hydrogen-bond donors (Lipinski definition) is 3. The first-order valence-electron chi connectivity index (χ1n) is 7.82. The predicted octanol–water partition coefficient (Wildman–Crippen LogP) is 2.34. The molecule has 0 unspecified atom stereocenters. The van der Waals surface area contributed by atoms with E-state index in [0.717, 1.165) is 0 Å². The van der Waals surface area contributed by atoms with Crippen LogP contribution >= 0.6 is 0 Å². The van der Waals surface area contributed by atoms with Crippen LogP contribution in [0.4, 0.5) is 5.69 Å². The number of ether oxygens (including phenoxy) is 1. The Bertz CT molecular complexity index is 824. The lowest BCUT2D eigenvalue weighted by molar-refractivity contribution is -0.118. The van der Waals surface area contributed by atoms with Crippen LogP contribution in [0.5, 0.6) is 5.75 Å². The van der Waals surface area contributed by atoms with E-state index in [4.69, 9.17) is 10.5 Å². The molecule has 0 fully saturated rings. The quantitative estimate of drug-likeness (QED) is 0.669. The number of H-pyrrole nitrogens is 1. The van der Waals surface area contributed by atoms with Gasteiger partial charge in [0.15, 0.2) is 5.78 Å². The van der Waals surface area contributed by atoms with Gasteiger partial charge >= 0.3 is 0 Å². The van der Waals surface area contributed by atoms with Crippen LogP contribution in [-0.4, -0.2) is 29.2 Å². The third-order valence-electron chi connectivity index (χ3n) is 3.76. The van der Waals surface area contributed by atoms with Gasteiger partial charge in [0, 0.05) is 11.3 Å². The molecule has 25 heavy (non-hydrogen) atoms. The number of anilines is 1. The molecule has 0 bridgehead atoms. The van der Waals surface area contributed by atoms with Crippen molar-refractivity contribution in [1.29, 1.82) is 0 Å². The minimum absolute atomic E-state index is 0.0825. The lowest BCUT2D eigenvalue weighted by atomic mass is 10.1. The largest absolute Gasteiger partial charge is 0.491 e. The number of nitrogens with one attached hydrogen (secondary N) is 2. The molecule has 4 N–H and O–H groups in total. The maximum atomic E-state index is 12.6. The highest BCUT2D eigenvalue weighted by Crippen LogP contribution is 2.26. The molecule has 0 aliphatic heterocycles. The van der Waals surface area contributed by atoms with Crippen LogP contribution in [0.2, 0.25) is 0 Å². The molecule has 0 spiro atoms. The summed E-state index contributed by atoms with van der Waals surface area (Å²) >= 11 is 0. The summed E-state index contributed by atoms with van der Waals surface area (Å²) in [6.07, 6.45) is 0.0825. The van der Waals surface area contributed by atoms with Crippen molar-refractivity contribution in [1.82, 2.24) is 4.98 Å². The Hall–Kier alpha value is -3.09. The first kappa shape index (κ1) is 18.3. The minimum atomic E-state index is -0.462. The molecule has 0 saturated carbocycles. The standard InChI is InChI=1S/C18H21N3O4/c1-10-16(12(3)22)11(2)20-17(10)18(24)21-13-6-4-5-7-14(13)25-9-8-15(19)23/h4-7,20H,8-9H2,1-3H3,(H2,19,23)(H,21,24). The minimum Gasteiger partial charge on any atom is -0.491 e. The number of aryl methyl sites for hydroxylation is 1. The second-order valence-electron chi connectivity index (χ2n) is 5.70. The zero-order valence-electron chi connectivity index (χ0n) is 14.4. The fourth-order valence-electron chi connectivity index (χ4n) is 2.65. The van der Waals surface area contributed by atoms with Crippen LogP contribution in [-0.2, 0) is 4.79 Å². The number of benzene rings is 1. The third-order valence-corrected chi connectivity index (χ3v) is 3.76. The van der Waals surface area contributed by atoms with Crippen LogP contribution in [0.25, 0.3) is 0 Å². The van der Waals surface area contributed by atoms with E-state index in [1.54, 1.807) is 38.1 Å². The first-order valence-corrected chi connectivity index (χ1v) is 7.82. The van der Waals surface area contributed by atoms with Gasteiger partial charge < -0.3 is 20.8 Å². The lowest BCUT2D eigenvalue weighted by Gasteiger charge is -2.12. The summed E-state index contributed by atoms with van der Waals surface area (Å²) in [4.78, 5) is 38.0. The number of primary amides is 1. The Kier molecular flexibility index (Phi) is 5.59. The number of carbonyl (C=O) groups excluding carboxylic acids is 3. The second-order valence-corrected chi connectivity index (χ2v) is 5.70. The number of aromatic nitrogens is 1. The average Bonchev–Trinajstić information content (AvgIpc) is 2.83. The second kappa shape index (κ2) is 7.65. The van der Waals surface area contributed by atoms with Crippen LogP contribution in [0.1, 0.15) is 45.4 Å². The fourth-order valence-corrected chi connectivity index (χ4v) is 2.65. The maximum absolute atomic E-state index is 12.6. The normalized spacial score (nSPS) is 10.4. The van der Waals surface area contributed by atoms with Gasteiger partial charge in [-0.2, -0.15) is 0 Å². The van der Waals surface area contributed by atoms with Gasteiger partial charge in [-0.25, -0.2) is 0 Å². The first-order chi connectivity index (χ1) is 11.8. The van der Waals surface area contributed by atoms with Crippen molar-refractivity contribution in [2.24, 2.45) is 5.73 Å². The zero-order chi connectivity index (χ0) is 18.6. The van der Waals surface area contributed by atoms with E-state index in [2.05, 4.69) is 10.3 Å². The molecule has 0 aliphatic carbocycles. The Balaban J connectivity index is 2.20. The third kappa shape index (κ3) is 4.26. The molecule has 1 heterocycles. The highest BCUT2D eigenvalue weighted by Gasteiger charge is 2.20. The van der Waals surface area contributed by atoms with Crippen LogP contribution in [0.15, 0.2) is 24.3 Å². The van der Waals surface area contributed by atoms with E-state index < -0.39 is 5.91 Å². The monoisotopic (exact) mass is 343 g/mol. The van der Waals surface area contributed by atoms with Crippen molar-refractivity contribution in [3.8, 4) is 5.75 Å². The van der Waals surface area contributed by atoms with Gasteiger partial charge in [0.1, 0.15) is 11.4 Å². The number of hydrogen-bond acceptors (Lipinski definition) is 4. The Labute approximate surface area is 145 Å². The van der Waals surface area contributed by atoms with Crippen molar-refractivity contribution in [2.45, 2.75) is 27.2 Å². The molecule has 0 saturated heterocycles. The number of para-hydroxylation sites is 2. The Morgan fingerprint density at radius 2 is 1.88 bits per heavy atom. The molecule has 2 rings (SSSR count). The summed E-state index contributed by atoms with van der Waals surface area (Å²) in [7, 11) is 0. The molecular weight excluding hydrogens is 322 g/mol. The summed E-state index contributed by atoms with van der Waals surface area (Å²) in [5.74, 6) is -0.500. The Morgan fingerprint density at radius 3 is 2.48 bits per heavy atom. The van der Waals surface area contributed by atoms with Crippen molar-refractivity contribution >= 4 is 23.3 Å². The number of nitrogens with two attached hydrogens (primary N) is 1. The molecule has 0 atom stereocenters. The smallest absolute Gasteiger partial charge is 0.272 e. The van der Waals surface area contributed by atoms with Gasteiger partial charge in [-0.3, -0.25) is 14.4 Å². The maximum Gasteiger partial charge on any atom is 0.272 e. The Morgan fingerprint density at radius 1 is 1.20 bits per heavy atom. The van der Waals surface area contributed by atoms with E-state index >= 15 is 0 Å². The molecular formula is C18H21N3O4. The molecule has 1 aromatic carbocycles. The van der Waals surface area contributed by atoms with Crippen LogP contribution < -0.4 is 15.8 Å². The van der Waals surface area contributed by atoms with Gasteiger partial charge in [-0.15, -0.1) is 0 Å². The number of aromatic amines is 1. The highest BCUT2D eigenvalue weighted by molar-refractivity contribution is 6.08. The number of amides is 2. The number of rotatable bonds is 7. The molecule has 0 aliphatic rings. The van der Waals surface area contributed by atoms with Gasteiger partial charge in [0.25, 0.3) is 5.91 Å². The molecule has 7 nitrogen and oxygen atoms in total. The van der Waals surface area contributed by atoms with E-state index in [1.807, 2.05) is 0 Å². The van der Waals surface area contributed by atoms with Crippen molar-refractivity contribution in [3.63, 3.8) is 0 Å². The van der Waals surface area contributed by atoms with Crippen molar-refractivity contribution in [2.75, 3.05) is 11.9 Å². The van der Waals surface area contributed by atoms with Gasteiger partial charge in [-0.1, -0.05) is 12.1 Å². The SMILES string of the molecule is CC(=O)c1c(C)[nH]c(C(=O)Nc2ccccc2OCCC(N)=O)c1C. The zero-order valence-corrected chi connectivity index (χ0v) is 14.4. The summed E-state index contributed by atoms with van der Waals surface area (Å²) in [5, 5.41) is 2.76. The van der Waals surface area contributed by atoms with Gasteiger partial charge in [-0.05, 0) is 38.5 Å². The van der Waals surface area contributed by atoms with Gasteiger partial charge in [0.05, 0.1) is 18.7 Å². The highest BCUT2D eigenvalue weighted by atomic mass is 16.5. The summed E-state index contributed by atoms with van der Waals surface area (Å²) in [5.41, 5.74) is 7.67. The molecule has 1 aromatic heterocycles. The molecule has 2 amide bonds. The number of carbonyl (C=O) groups is 3. The van der Waals surface area contributed by atoms with Crippen LogP contribution in [0, 0.1) is 13.8 Å². The lowest BCUT2D eigenvalue weighted by Crippen LogP contribution is -2.17. The molecule has 0 radical (unpaired) electrons. The fraction of sp³-hybridized carbons (Fsp3) is 0.278. The summed E-state index contributed by atoms with van der Waals surface area (Å²) < 4.78 is 5.50. The average molecular weight is 343 g/mol. The van der Waals surface area contributed by atoms with E-state index in [1.165, 1.54) is 6.92 Å². The number of Topliss-reactive ketones (excluding diaryl/α,β-unsaturated/α-hetero) is 1. The predicted molar refractivity (Wildman–Crippen MR) is 94.0 cm³/mol. The van der Waals surface area contributed by atoms with E-state index in [0.29, 0.717) is 34.0 Å².